The summed E-state index contributed by atoms with van der Waals surface area (Å²) in [5, 5.41) is 16.3. The van der Waals surface area contributed by atoms with Crippen molar-refractivity contribution in [1.82, 2.24) is 4.98 Å². The highest BCUT2D eigenvalue weighted by atomic mass is 32.1. The average Bonchev–Trinajstić information content (AvgIpc) is 3.18. The number of nitrogens with zero attached hydrogens (tertiary/aromatic N) is 2. The van der Waals surface area contributed by atoms with Gasteiger partial charge in [-0.15, -0.1) is 11.3 Å². The molecule has 0 aliphatic rings. The minimum Gasteiger partial charge on any atom is -0.493 e. The number of thiazole rings is 1. The summed E-state index contributed by atoms with van der Waals surface area (Å²) < 4.78 is 10.6. The van der Waals surface area contributed by atoms with Crippen LogP contribution in [0.5, 0.6) is 11.5 Å². The normalized spacial score (nSPS) is 10.5. The molecule has 0 spiro atoms. The van der Waals surface area contributed by atoms with Crippen molar-refractivity contribution >= 4 is 28.1 Å². The predicted octanol–water partition coefficient (Wildman–Crippen LogP) is 4.99. The van der Waals surface area contributed by atoms with E-state index < -0.39 is 10.8 Å². The van der Waals surface area contributed by atoms with E-state index in [-0.39, 0.29) is 22.7 Å². The summed E-state index contributed by atoms with van der Waals surface area (Å²) in [6.45, 7) is 6.11. The minimum absolute atomic E-state index is 0.136. The van der Waals surface area contributed by atoms with Crippen LogP contribution >= 0.6 is 11.3 Å². The third kappa shape index (κ3) is 4.41. The molecule has 0 radical (unpaired) electrons. The Kier molecular flexibility index (Phi) is 6.31. The van der Waals surface area contributed by atoms with Gasteiger partial charge >= 0.3 is 0 Å². The molecule has 0 aliphatic heterocycles. The maximum Gasteiger partial charge on any atom is 0.286 e. The summed E-state index contributed by atoms with van der Waals surface area (Å²) >= 11 is 1.24. The summed E-state index contributed by atoms with van der Waals surface area (Å²) in [4.78, 5) is 28.1. The number of rotatable bonds is 7. The van der Waals surface area contributed by atoms with Crippen molar-refractivity contribution < 1.29 is 19.2 Å². The van der Waals surface area contributed by atoms with E-state index in [2.05, 4.69) is 10.3 Å². The first-order valence-corrected chi connectivity index (χ1v) is 10.1. The third-order valence-corrected chi connectivity index (χ3v) is 5.31. The monoisotopic (exact) mass is 427 g/mol. The lowest BCUT2D eigenvalue weighted by atomic mass is 10.1. The molecule has 0 aliphatic carbocycles. The molecule has 1 aromatic heterocycles. The van der Waals surface area contributed by atoms with Gasteiger partial charge in [0.15, 0.2) is 16.6 Å². The molecule has 30 heavy (non-hydrogen) atoms. The second-order valence-corrected chi connectivity index (χ2v) is 7.36. The fourth-order valence-electron chi connectivity index (χ4n) is 2.84. The van der Waals surface area contributed by atoms with Gasteiger partial charge in [-0.25, -0.2) is 4.98 Å². The lowest BCUT2D eigenvalue weighted by molar-refractivity contribution is -0.385. The van der Waals surface area contributed by atoms with Crippen molar-refractivity contribution in [3.8, 4) is 22.8 Å². The van der Waals surface area contributed by atoms with Crippen LogP contribution in [0.25, 0.3) is 11.3 Å². The fraction of sp³-hybridized carbons (Fsp3) is 0.238. The van der Waals surface area contributed by atoms with E-state index in [1.165, 1.54) is 36.1 Å². The summed E-state index contributed by atoms with van der Waals surface area (Å²) in [6.07, 6.45) is 0. The van der Waals surface area contributed by atoms with E-state index in [0.29, 0.717) is 11.7 Å². The van der Waals surface area contributed by atoms with Crippen LogP contribution in [0.3, 0.4) is 0 Å². The third-order valence-electron chi connectivity index (χ3n) is 4.55. The number of anilines is 1. The molecule has 0 fully saturated rings. The van der Waals surface area contributed by atoms with Gasteiger partial charge in [0.1, 0.15) is 5.56 Å². The van der Waals surface area contributed by atoms with Crippen molar-refractivity contribution in [2.24, 2.45) is 0 Å². The molecule has 1 amide bonds. The smallest absolute Gasteiger partial charge is 0.286 e. The molecular formula is C21H21N3O5S. The number of aryl methyl sites for hydroxylation is 2. The van der Waals surface area contributed by atoms with E-state index in [0.717, 1.165) is 16.8 Å². The highest BCUT2D eigenvalue weighted by Crippen LogP contribution is 2.35. The van der Waals surface area contributed by atoms with E-state index in [1.54, 1.807) is 6.92 Å². The molecule has 1 N–H and O–H groups in total. The lowest BCUT2D eigenvalue weighted by Gasteiger charge is -2.11. The zero-order chi connectivity index (χ0) is 21.8. The maximum absolute atomic E-state index is 12.8. The molecule has 0 bridgehead atoms. The zero-order valence-corrected chi connectivity index (χ0v) is 17.8. The molecule has 0 unspecified atom stereocenters. The Hall–Kier alpha value is -3.46. The molecule has 2 aromatic carbocycles. The topological polar surface area (TPSA) is 104 Å². The van der Waals surface area contributed by atoms with Crippen LogP contribution in [0.2, 0.25) is 0 Å². The first kappa shape index (κ1) is 21.3. The number of nitrogens with one attached hydrogen (secondary N) is 1. The number of benzene rings is 2. The number of methoxy groups -OCH3 is 1. The molecule has 3 aromatic rings. The van der Waals surface area contributed by atoms with Crippen LogP contribution in [0, 0.1) is 24.0 Å². The van der Waals surface area contributed by atoms with Crippen LogP contribution in [0.4, 0.5) is 10.8 Å². The highest BCUT2D eigenvalue weighted by molar-refractivity contribution is 7.14. The van der Waals surface area contributed by atoms with E-state index in [4.69, 9.17) is 9.47 Å². The first-order chi connectivity index (χ1) is 14.3. The second-order valence-electron chi connectivity index (χ2n) is 6.50. The van der Waals surface area contributed by atoms with Gasteiger partial charge in [0.05, 0.1) is 30.4 Å². The van der Waals surface area contributed by atoms with Crippen LogP contribution in [-0.2, 0) is 0 Å². The number of aromatic nitrogens is 1. The van der Waals surface area contributed by atoms with E-state index in [1.807, 2.05) is 37.4 Å². The van der Waals surface area contributed by atoms with Crippen molar-refractivity contribution in [2.45, 2.75) is 20.8 Å². The lowest BCUT2D eigenvalue weighted by Crippen LogP contribution is -2.14. The summed E-state index contributed by atoms with van der Waals surface area (Å²) in [5.41, 5.74) is 3.47. The van der Waals surface area contributed by atoms with E-state index >= 15 is 0 Å². The summed E-state index contributed by atoms with van der Waals surface area (Å²) in [5.74, 6) is -0.207. The van der Waals surface area contributed by atoms with E-state index in [9.17, 15) is 14.9 Å². The minimum atomic E-state index is -0.649. The number of amides is 1. The summed E-state index contributed by atoms with van der Waals surface area (Å²) in [7, 11) is 1.40. The summed E-state index contributed by atoms with van der Waals surface area (Å²) in [6, 6.07) is 8.50. The molecule has 1 heterocycles. The molecule has 0 saturated heterocycles. The number of carbonyl (C=O) groups is 1. The average molecular weight is 427 g/mol. The maximum atomic E-state index is 12.8. The molecule has 3 rings (SSSR count). The second kappa shape index (κ2) is 8.91. The van der Waals surface area contributed by atoms with Gasteiger partial charge < -0.3 is 9.47 Å². The number of nitro groups is 1. The molecule has 156 valence electrons. The zero-order valence-electron chi connectivity index (χ0n) is 17.0. The van der Waals surface area contributed by atoms with Crippen LogP contribution in [0.15, 0.2) is 35.7 Å². The standard InChI is InChI=1S/C21H21N3O5S/c1-5-29-19-10-17(24(26)27)15(9-18(19)28-4)20(25)23-21-22-16(11-30-21)14-7-6-12(2)13(3)8-14/h6-11H,5H2,1-4H3,(H,22,23,25). The van der Waals surface area contributed by atoms with Gasteiger partial charge in [-0.05, 0) is 38.0 Å². The molecule has 0 atom stereocenters. The number of nitro benzene ring substituents is 1. The Bertz CT molecular complexity index is 1110. The molecule has 8 nitrogen and oxygen atoms in total. The van der Waals surface area contributed by atoms with Gasteiger partial charge in [-0.3, -0.25) is 20.2 Å². The Morgan fingerprint density at radius 2 is 1.97 bits per heavy atom. The Morgan fingerprint density at radius 3 is 2.60 bits per heavy atom. The van der Waals surface area contributed by atoms with Crippen molar-refractivity contribution in [3.63, 3.8) is 0 Å². The quantitative estimate of drug-likeness (QED) is 0.421. The van der Waals surface area contributed by atoms with Gasteiger partial charge in [-0.2, -0.15) is 0 Å². The number of hydrogen-bond acceptors (Lipinski definition) is 7. The van der Waals surface area contributed by atoms with Crippen LogP contribution < -0.4 is 14.8 Å². The van der Waals surface area contributed by atoms with Crippen molar-refractivity contribution in [3.05, 3.63) is 62.5 Å². The first-order valence-electron chi connectivity index (χ1n) is 9.17. The molecular weight excluding hydrogens is 406 g/mol. The Balaban J connectivity index is 1.89. The Labute approximate surface area is 177 Å². The number of carbonyl (C=O) groups excluding carboxylic acids is 1. The fourth-order valence-corrected chi connectivity index (χ4v) is 3.55. The number of ether oxygens (including phenoxy) is 2. The molecule has 9 heteroatoms. The van der Waals surface area contributed by atoms with Gasteiger partial charge in [0.2, 0.25) is 0 Å². The highest BCUT2D eigenvalue weighted by Gasteiger charge is 2.25. The van der Waals surface area contributed by atoms with Crippen LogP contribution in [-0.4, -0.2) is 29.5 Å². The predicted molar refractivity (Wildman–Crippen MR) is 116 cm³/mol. The molecule has 0 saturated carbocycles. The van der Waals surface area contributed by atoms with Crippen molar-refractivity contribution in [2.75, 3.05) is 19.0 Å². The Morgan fingerprint density at radius 1 is 1.20 bits per heavy atom. The van der Waals surface area contributed by atoms with Crippen LogP contribution in [0.1, 0.15) is 28.4 Å². The SMILES string of the molecule is CCOc1cc([N+](=O)[O-])c(C(=O)Nc2nc(-c3ccc(C)c(C)c3)cs2)cc1OC. The van der Waals surface area contributed by atoms with Gasteiger partial charge in [0.25, 0.3) is 11.6 Å². The number of hydrogen-bond donors (Lipinski definition) is 1. The van der Waals surface area contributed by atoms with Gasteiger partial charge in [0, 0.05) is 17.0 Å². The van der Waals surface area contributed by atoms with Gasteiger partial charge in [-0.1, -0.05) is 12.1 Å². The van der Waals surface area contributed by atoms with Crippen molar-refractivity contribution in [1.29, 1.82) is 0 Å². The largest absolute Gasteiger partial charge is 0.493 e.